The summed E-state index contributed by atoms with van der Waals surface area (Å²) in [7, 11) is 0. The second-order valence-electron chi connectivity index (χ2n) is 7.76. The van der Waals surface area contributed by atoms with E-state index in [1.165, 1.54) is 17.0 Å². The molecule has 3 aromatic rings. The van der Waals surface area contributed by atoms with Crippen LogP contribution in [0.1, 0.15) is 12.5 Å². The summed E-state index contributed by atoms with van der Waals surface area (Å²) in [5.41, 5.74) is 1.81. The van der Waals surface area contributed by atoms with E-state index >= 15 is 0 Å². The van der Waals surface area contributed by atoms with Crippen LogP contribution in [-0.4, -0.2) is 38.0 Å². The van der Waals surface area contributed by atoms with Crippen LogP contribution >= 0.6 is 0 Å². The summed E-state index contributed by atoms with van der Waals surface area (Å²) in [5, 5.41) is 2.89. The molecule has 6 nitrogen and oxygen atoms in total. The number of likely N-dealkylation sites (N-methyl/N-ethyl adjacent to an activating group) is 1. The van der Waals surface area contributed by atoms with Crippen LogP contribution in [0, 0.1) is 5.82 Å². The van der Waals surface area contributed by atoms with Gasteiger partial charge in [-0.2, -0.15) is 0 Å². The fourth-order valence-corrected chi connectivity index (χ4v) is 3.79. The Kier molecular flexibility index (Phi) is 7.22. The van der Waals surface area contributed by atoms with Gasteiger partial charge in [0.15, 0.2) is 11.5 Å². The molecule has 0 aromatic heterocycles. The monoisotopic (exact) mass is 459 g/mol. The van der Waals surface area contributed by atoms with Gasteiger partial charge in [0.05, 0.1) is 5.69 Å². The minimum absolute atomic E-state index is 0.0437. The lowest BCUT2D eigenvalue weighted by molar-refractivity contribution is -0.123. The number of hydrogen-bond acceptors (Lipinski definition) is 4. The van der Waals surface area contributed by atoms with E-state index in [4.69, 9.17) is 4.74 Å². The molecule has 2 amide bonds. The number of carbonyl (C=O) groups excluding carboxylic acids is 2. The van der Waals surface area contributed by atoms with Crippen LogP contribution < -0.4 is 19.9 Å². The molecule has 1 aliphatic heterocycles. The summed E-state index contributed by atoms with van der Waals surface area (Å²) in [5.74, 6) is -0.874. The minimum atomic E-state index is -0.503. The van der Waals surface area contributed by atoms with Gasteiger partial charge in [-0.05, 0) is 43.3 Å². The third-order valence-electron chi connectivity index (χ3n) is 5.53. The topological polar surface area (TPSA) is 61.9 Å². The highest BCUT2D eigenvalue weighted by atomic mass is 19.1. The highest BCUT2D eigenvalue weighted by Crippen LogP contribution is 2.35. The quantitative estimate of drug-likeness (QED) is 0.512. The highest BCUT2D eigenvalue weighted by Gasteiger charge is 2.31. The summed E-state index contributed by atoms with van der Waals surface area (Å²) >= 11 is 0. The predicted octanol–water partition coefficient (Wildman–Crippen LogP) is 4.23. The van der Waals surface area contributed by atoms with E-state index in [0.717, 1.165) is 12.2 Å². The Morgan fingerprint density at radius 1 is 1.03 bits per heavy atom. The van der Waals surface area contributed by atoms with Gasteiger partial charge < -0.3 is 15.0 Å². The number of rotatable bonds is 8. The van der Waals surface area contributed by atoms with E-state index in [1.807, 2.05) is 30.3 Å². The smallest absolute Gasteiger partial charge is 0.294 e. The van der Waals surface area contributed by atoms with Gasteiger partial charge in [-0.3, -0.25) is 14.5 Å². The van der Waals surface area contributed by atoms with Crippen LogP contribution in [0.15, 0.2) is 84.6 Å². The third-order valence-corrected chi connectivity index (χ3v) is 5.53. The average Bonchev–Trinajstić information content (AvgIpc) is 2.86. The van der Waals surface area contributed by atoms with Crippen molar-refractivity contribution in [1.29, 1.82) is 0 Å². The lowest BCUT2D eigenvalue weighted by atomic mass is 10.1. The number of para-hydroxylation sites is 3. The molecule has 0 bridgehead atoms. The van der Waals surface area contributed by atoms with Gasteiger partial charge in [-0.1, -0.05) is 48.5 Å². The van der Waals surface area contributed by atoms with Crippen LogP contribution in [0.2, 0.25) is 0 Å². The first-order valence-electron chi connectivity index (χ1n) is 11.2. The molecule has 3 aromatic carbocycles. The zero-order chi connectivity index (χ0) is 23.9. The molecule has 0 radical (unpaired) electrons. The van der Waals surface area contributed by atoms with Crippen molar-refractivity contribution in [3.8, 4) is 5.75 Å². The molecule has 7 heteroatoms. The van der Waals surface area contributed by atoms with E-state index < -0.39 is 11.7 Å². The summed E-state index contributed by atoms with van der Waals surface area (Å²) in [6.45, 7) is 3.75. The molecule has 174 valence electrons. The molecule has 1 aliphatic rings. The average molecular weight is 460 g/mol. The fourth-order valence-electron chi connectivity index (χ4n) is 3.79. The number of nitrogens with one attached hydrogen (secondary N) is 1. The number of fused-ring (bicyclic) bond motifs is 1. The first-order chi connectivity index (χ1) is 16.6. The van der Waals surface area contributed by atoms with Crippen LogP contribution in [-0.2, 0) is 9.59 Å². The maximum atomic E-state index is 14.1. The second-order valence-corrected chi connectivity index (χ2v) is 7.76. The number of carbonyl (C=O) groups is 2. The molecule has 4 rings (SSSR count). The van der Waals surface area contributed by atoms with Crippen LogP contribution in [0.5, 0.6) is 5.75 Å². The van der Waals surface area contributed by atoms with E-state index in [9.17, 15) is 14.0 Å². The number of anilines is 2. The second kappa shape index (κ2) is 10.7. The van der Waals surface area contributed by atoms with Crippen molar-refractivity contribution in [2.24, 2.45) is 0 Å². The molecule has 1 heterocycles. The Labute approximate surface area is 198 Å². The van der Waals surface area contributed by atoms with Gasteiger partial charge in [0, 0.05) is 30.9 Å². The Balaban J connectivity index is 1.46. The highest BCUT2D eigenvalue weighted by molar-refractivity contribution is 6.12. The van der Waals surface area contributed by atoms with Gasteiger partial charge >= 0.3 is 0 Å². The lowest BCUT2D eigenvalue weighted by Gasteiger charge is -2.30. The van der Waals surface area contributed by atoms with E-state index in [0.29, 0.717) is 24.5 Å². The van der Waals surface area contributed by atoms with Crippen LogP contribution in [0.25, 0.3) is 6.08 Å². The van der Waals surface area contributed by atoms with E-state index in [1.54, 1.807) is 42.5 Å². The van der Waals surface area contributed by atoms with Crippen molar-refractivity contribution in [3.63, 3.8) is 0 Å². The lowest BCUT2D eigenvalue weighted by Crippen LogP contribution is -2.45. The molecule has 34 heavy (non-hydrogen) atoms. The molecule has 0 aliphatic carbocycles. The zero-order valence-corrected chi connectivity index (χ0v) is 18.9. The van der Waals surface area contributed by atoms with Crippen molar-refractivity contribution in [1.82, 2.24) is 5.32 Å². The third kappa shape index (κ3) is 5.26. The molecule has 0 unspecified atom stereocenters. The standard InChI is InChI=1S/C27H26FN3O3/c1-2-30(21-11-4-3-5-12-21)17-16-29-26(32)19-31-23-14-8-9-15-24(23)34-25(27(31)33)18-20-10-6-7-13-22(20)28/h3-15,18H,2,16-17,19H2,1H3,(H,29,32). The van der Waals surface area contributed by atoms with Crippen LogP contribution in [0.4, 0.5) is 15.8 Å². The first-order valence-corrected chi connectivity index (χ1v) is 11.2. The molecule has 0 fully saturated rings. The van der Waals surface area contributed by atoms with Crippen LogP contribution in [0.3, 0.4) is 0 Å². The number of amides is 2. The predicted molar refractivity (Wildman–Crippen MR) is 131 cm³/mol. The molecule has 0 spiro atoms. The number of nitrogens with zero attached hydrogens (tertiary/aromatic N) is 2. The number of halogens is 1. The van der Waals surface area contributed by atoms with Crippen molar-refractivity contribution in [2.45, 2.75) is 6.92 Å². The Morgan fingerprint density at radius 2 is 1.74 bits per heavy atom. The number of hydrogen-bond donors (Lipinski definition) is 1. The van der Waals surface area contributed by atoms with Crippen molar-refractivity contribution < 1.29 is 18.7 Å². The molecular formula is C27H26FN3O3. The van der Waals surface area contributed by atoms with E-state index in [2.05, 4.69) is 17.1 Å². The normalized spacial score (nSPS) is 13.9. The van der Waals surface area contributed by atoms with Gasteiger partial charge in [0.2, 0.25) is 5.91 Å². The SMILES string of the molecule is CCN(CCNC(=O)CN1C(=O)C(=Cc2ccccc2F)Oc2ccccc21)c1ccccc1. The first kappa shape index (κ1) is 23.0. The largest absolute Gasteiger partial charge is 0.449 e. The maximum Gasteiger partial charge on any atom is 0.294 e. The fraction of sp³-hybridized carbons (Fsp3) is 0.185. The number of benzene rings is 3. The maximum absolute atomic E-state index is 14.1. The summed E-state index contributed by atoms with van der Waals surface area (Å²) < 4.78 is 19.9. The Hall–Kier alpha value is -4.13. The molecular weight excluding hydrogens is 433 g/mol. The summed E-state index contributed by atoms with van der Waals surface area (Å²) in [6.07, 6.45) is 1.36. The van der Waals surface area contributed by atoms with Crippen molar-refractivity contribution in [2.75, 3.05) is 36.0 Å². The summed E-state index contributed by atoms with van der Waals surface area (Å²) in [6, 6.07) is 23.1. The molecule has 0 saturated carbocycles. The van der Waals surface area contributed by atoms with E-state index in [-0.39, 0.29) is 23.8 Å². The van der Waals surface area contributed by atoms with Crippen molar-refractivity contribution in [3.05, 3.63) is 96.0 Å². The Bertz CT molecular complexity index is 1200. The zero-order valence-electron chi connectivity index (χ0n) is 18.9. The van der Waals surface area contributed by atoms with Crippen molar-refractivity contribution >= 4 is 29.3 Å². The molecule has 0 saturated heterocycles. The molecule has 1 N–H and O–H groups in total. The van der Waals surface area contributed by atoms with Gasteiger partial charge in [-0.25, -0.2) is 4.39 Å². The molecule has 0 atom stereocenters. The van der Waals surface area contributed by atoms with Gasteiger partial charge in [0.25, 0.3) is 5.91 Å². The van der Waals surface area contributed by atoms with Gasteiger partial charge in [0.1, 0.15) is 12.4 Å². The Morgan fingerprint density at radius 3 is 2.50 bits per heavy atom. The minimum Gasteiger partial charge on any atom is -0.449 e. The number of ether oxygens (including phenoxy) is 1. The summed E-state index contributed by atoms with van der Waals surface area (Å²) in [4.78, 5) is 29.4. The van der Waals surface area contributed by atoms with Gasteiger partial charge in [-0.15, -0.1) is 0 Å².